The van der Waals surface area contributed by atoms with Crippen LogP contribution in [0.4, 0.5) is 0 Å². The molecule has 0 aliphatic carbocycles. The highest BCUT2D eigenvalue weighted by molar-refractivity contribution is 8.19. The minimum atomic E-state index is 0.0586. The maximum atomic E-state index is 13.0. The molecule has 0 spiro atoms. The van der Waals surface area contributed by atoms with Crippen LogP contribution in [0.1, 0.15) is 36.9 Å². The molecule has 0 saturated carbocycles. The molecule has 1 fully saturated rings. The van der Waals surface area contributed by atoms with Gasteiger partial charge in [-0.25, -0.2) is 5.01 Å². The number of benzene rings is 1. The van der Waals surface area contributed by atoms with Crippen LogP contribution in [-0.2, 0) is 4.79 Å². The molecule has 4 rings (SSSR count). The second-order valence-electron chi connectivity index (χ2n) is 6.19. The smallest absolute Gasteiger partial charge is 0.281 e. The maximum Gasteiger partial charge on any atom is 0.281 e. The maximum absolute atomic E-state index is 13.0. The molecule has 6 heteroatoms. The molecule has 1 aromatic carbocycles. The van der Waals surface area contributed by atoms with Crippen LogP contribution in [0.2, 0.25) is 0 Å². The lowest BCUT2D eigenvalue weighted by Gasteiger charge is -2.26. The van der Waals surface area contributed by atoms with Crippen LogP contribution < -0.4 is 5.32 Å². The van der Waals surface area contributed by atoms with Crippen molar-refractivity contribution in [3.05, 3.63) is 46.6 Å². The molecule has 0 aromatic heterocycles. The summed E-state index contributed by atoms with van der Waals surface area (Å²) in [5.41, 5.74) is 2.51. The lowest BCUT2D eigenvalue weighted by molar-refractivity contribution is -0.124. The number of likely N-dealkylation sites (tertiary alicyclic amines) is 1. The second-order valence-corrected chi connectivity index (χ2v) is 7.20. The molecule has 1 aromatic rings. The van der Waals surface area contributed by atoms with Crippen molar-refractivity contribution in [1.82, 2.24) is 15.2 Å². The van der Waals surface area contributed by atoms with Crippen LogP contribution in [0.5, 0.6) is 0 Å². The molecule has 5 nitrogen and oxygen atoms in total. The summed E-state index contributed by atoms with van der Waals surface area (Å²) in [5, 5.41) is 11.2. The lowest BCUT2D eigenvalue weighted by Crippen LogP contribution is -2.35. The zero-order valence-corrected chi connectivity index (χ0v) is 14.1. The van der Waals surface area contributed by atoms with E-state index in [1.165, 1.54) is 22.9 Å². The largest absolute Gasteiger partial charge is 0.368 e. The molecule has 3 aliphatic rings. The minimum Gasteiger partial charge on any atom is -0.368 e. The number of rotatable bonds is 2. The van der Waals surface area contributed by atoms with E-state index in [1.54, 1.807) is 0 Å². The van der Waals surface area contributed by atoms with Crippen LogP contribution in [0.25, 0.3) is 0 Å². The van der Waals surface area contributed by atoms with Gasteiger partial charge in [-0.3, -0.25) is 4.79 Å². The van der Waals surface area contributed by atoms with Crippen molar-refractivity contribution in [2.45, 2.75) is 38.9 Å². The first-order valence-corrected chi connectivity index (χ1v) is 8.85. The third-order valence-corrected chi connectivity index (χ3v) is 5.65. The first-order valence-electron chi connectivity index (χ1n) is 8.03. The predicted octanol–water partition coefficient (Wildman–Crippen LogP) is 2.77. The van der Waals surface area contributed by atoms with Gasteiger partial charge in [-0.15, -0.1) is 0 Å². The lowest BCUT2D eigenvalue weighted by atomic mass is 9.99. The summed E-state index contributed by atoms with van der Waals surface area (Å²) in [4.78, 5) is 15.0. The number of hydrogen-bond acceptors (Lipinski definition) is 5. The van der Waals surface area contributed by atoms with Crippen molar-refractivity contribution >= 4 is 22.7 Å². The molecule has 3 aliphatic heterocycles. The molecule has 23 heavy (non-hydrogen) atoms. The van der Waals surface area contributed by atoms with Gasteiger partial charge in [-0.1, -0.05) is 24.3 Å². The molecule has 120 valence electrons. The highest BCUT2D eigenvalue weighted by Gasteiger charge is 2.38. The highest BCUT2D eigenvalue weighted by Crippen LogP contribution is 2.38. The zero-order chi connectivity index (χ0) is 16.0. The number of hydrazone groups is 1. The molecule has 0 bridgehead atoms. The Hall–Kier alpha value is -1.95. The van der Waals surface area contributed by atoms with Gasteiger partial charge in [0, 0.05) is 12.7 Å². The molecule has 1 amide bonds. The van der Waals surface area contributed by atoms with Crippen molar-refractivity contribution in [1.29, 1.82) is 0 Å². The molecule has 2 unspecified atom stereocenters. The monoisotopic (exact) mass is 328 g/mol. The van der Waals surface area contributed by atoms with Crippen molar-refractivity contribution in [2.24, 2.45) is 5.10 Å². The molecule has 0 radical (unpaired) electrons. The third-order valence-electron chi connectivity index (χ3n) is 4.68. The average molecular weight is 328 g/mol. The second kappa shape index (κ2) is 5.60. The molecule has 3 heterocycles. The van der Waals surface area contributed by atoms with Gasteiger partial charge in [-0.05, 0) is 49.6 Å². The molecule has 1 saturated heterocycles. The van der Waals surface area contributed by atoms with E-state index in [1.807, 2.05) is 29.1 Å². The van der Waals surface area contributed by atoms with Gasteiger partial charge in [0.05, 0.1) is 6.04 Å². The van der Waals surface area contributed by atoms with E-state index >= 15 is 0 Å². The summed E-state index contributed by atoms with van der Waals surface area (Å²) in [7, 11) is 0. The van der Waals surface area contributed by atoms with Crippen LogP contribution in [0, 0.1) is 6.92 Å². The summed E-state index contributed by atoms with van der Waals surface area (Å²) >= 11 is 1.46. The van der Waals surface area contributed by atoms with Gasteiger partial charge >= 0.3 is 0 Å². The van der Waals surface area contributed by atoms with Crippen molar-refractivity contribution < 1.29 is 4.79 Å². The minimum absolute atomic E-state index is 0.0586. The standard InChI is InChI=1S/C17H20N4OS/c1-11-6-3-4-7-13(11)14-8-5-9-20(14)17(22)16-19-21-12(2)18-10-15(21)23-16/h3-4,6-7,10,12,14,18H,5,8-9H2,1-2H3. The zero-order valence-electron chi connectivity index (χ0n) is 13.3. The number of fused-ring (bicyclic) bond motifs is 1. The Morgan fingerprint density at radius 1 is 1.39 bits per heavy atom. The van der Waals surface area contributed by atoms with Crippen LogP contribution in [-0.4, -0.2) is 33.6 Å². The number of amides is 1. The highest BCUT2D eigenvalue weighted by atomic mass is 32.2. The summed E-state index contributed by atoms with van der Waals surface area (Å²) in [6, 6.07) is 8.53. The van der Waals surface area contributed by atoms with E-state index in [0.717, 1.165) is 24.4 Å². The molecular formula is C17H20N4OS. The SMILES string of the molecule is Cc1ccccc1C1CCCN1C(=O)C1=NN2C(=CNC2C)S1. The normalized spacial score (nSPS) is 26.0. The topological polar surface area (TPSA) is 47.9 Å². The van der Waals surface area contributed by atoms with Crippen molar-refractivity contribution in [3.63, 3.8) is 0 Å². The summed E-state index contributed by atoms with van der Waals surface area (Å²) < 4.78 is 0. The molecule has 2 atom stereocenters. The van der Waals surface area contributed by atoms with Gasteiger partial charge in [0.15, 0.2) is 5.04 Å². The van der Waals surface area contributed by atoms with Gasteiger partial charge in [0.25, 0.3) is 5.91 Å². The average Bonchev–Trinajstić information content (AvgIpc) is 3.25. The fraction of sp³-hybridized carbons (Fsp3) is 0.412. The van der Waals surface area contributed by atoms with E-state index in [9.17, 15) is 4.79 Å². The Kier molecular flexibility index (Phi) is 3.56. The Labute approximate surface area is 140 Å². The van der Waals surface area contributed by atoms with Gasteiger partial charge < -0.3 is 10.2 Å². The number of carbonyl (C=O) groups excluding carboxylic acids is 1. The Balaban J connectivity index is 1.58. The molecular weight excluding hydrogens is 308 g/mol. The molecule has 1 N–H and O–H groups in total. The number of thioether (sulfide) groups is 1. The fourth-order valence-corrected chi connectivity index (χ4v) is 4.40. The quantitative estimate of drug-likeness (QED) is 0.907. The van der Waals surface area contributed by atoms with Gasteiger partial charge in [0.1, 0.15) is 11.2 Å². The van der Waals surface area contributed by atoms with Crippen LogP contribution in [0.15, 0.2) is 40.6 Å². The van der Waals surface area contributed by atoms with E-state index in [-0.39, 0.29) is 18.1 Å². The first kappa shape index (κ1) is 14.6. The number of nitrogens with zero attached hydrogens (tertiary/aromatic N) is 3. The number of aryl methyl sites for hydroxylation is 1. The number of hydrogen-bond donors (Lipinski definition) is 1. The van der Waals surface area contributed by atoms with Crippen LogP contribution >= 0.6 is 11.8 Å². The van der Waals surface area contributed by atoms with Gasteiger partial charge in [-0.2, -0.15) is 5.10 Å². The number of nitrogens with one attached hydrogen (secondary N) is 1. The van der Waals surface area contributed by atoms with Gasteiger partial charge in [0.2, 0.25) is 0 Å². The summed E-state index contributed by atoms with van der Waals surface area (Å²) in [6.45, 7) is 4.96. The Morgan fingerprint density at radius 3 is 3.00 bits per heavy atom. The van der Waals surface area contributed by atoms with Crippen molar-refractivity contribution in [2.75, 3.05) is 6.54 Å². The van der Waals surface area contributed by atoms with Crippen LogP contribution in [0.3, 0.4) is 0 Å². The predicted molar refractivity (Wildman–Crippen MR) is 92.4 cm³/mol. The fourth-order valence-electron chi connectivity index (χ4n) is 3.45. The number of carbonyl (C=O) groups is 1. The Morgan fingerprint density at radius 2 is 2.22 bits per heavy atom. The summed E-state index contributed by atoms with van der Waals surface area (Å²) in [5.74, 6) is 0.0586. The Bertz CT molecular complexity index is 714. The van der Waals surface area contributed by atoms with E-state index < -0.39 is 0 Å². The third kappa shape index (κ3) is 2.41. The van der Waals surface area contributed by atoms with E-state index in [4.69, 9.17) is 0 Å². The van der Waals surface area contributed by atoms with Crippen molar-refractivity contribution in [3.8, 4) is 0 Å². The van der Waals surface area contributed by atoms with E-state index in [0.29, 0.717) is 5.04 Å². The first-order chi connectivity index (χ1) is 11.1. The summed E-state index contributed by atoms with van der Waals surface area (Å²) in [6.07, 6.45) is 4.13. The van der Waals surface area contributed by atoms with E-state index in [2.05, 4.69) is 35.5 Å².